The lowest BCUT2D eigenvalue weighted by molar-refractivity contribution is 0.481. The first kappa shape index (κ1) is 7.36. The molecule has 0 radical (unpaired) electrons. The summed E-state index contributed by atoms with van der Waals surface area (Å²) in [6.45, 7) is 0. The third kappa shape index (κ3) is 0.848. The van der Waals surface area contributed by atoms with Crippen LogP contribution in [0.1, 0.15) is 0 Å². The molecule has 1 aromatic heterocycles. The number of halogens is 1. The molecule has 1 aromatic carbocycles. The number of thiophene rings is 1. The van der Waals surface area contributed by atoms with E-state index in [1.54, 1.807) is 6.07 Å². The largest absolute Gasteiger partial charge is 0.506 e. The zero-order valence-corrected chi connectivity index (χ0v) is 6.86. The van der Waals surface area contributed by atoms with Gasteiger partial charge in [-0.3, -0.25) is 0 Å². The molecule has 0 aliphatic carbocycles. The van der Waals surface area contributed by atoms with Crippen LogP contribution in [0.2, 0.25) is 0 Å². The lowest BCUT2D eigenvalue weighted by Crippen LogP contribution is -1.89. The second-order valence-corrected chi connectivity index (χ2v) is 3.37. The van der Waals surface area contributed by atoms with Gasteiger partial charge < -0.3 is 10.8 Å². The van der Waals surface area contributed by atoms with Gasteiger partial charge in [-0.25, -0.2) is 4.39 Å². The summed E-state index contributed by atoms with van der Waals surface area (Å²) in [5.41, 5.74) is 5.40. The minimum atomic E-state index is -0.536. The highest BCUT2D eigenvalue weighted by Gasteiger charge is 2.10. The van der Waals surface area contributed by atoms with Gasteiger partial charge >= 0.3 is 0 Å². The van der Waals surface area contributed by atoms with Crippen molar-refractivity contribution in [1.82, 2.24) is 0 Å². The fourth-order valence-electron chi connectivity index (χ4n) is 1.09. The van der Waals surface area contributed by atoms with Crippen molar-refractivity contribution in [3.05, 3.63) is 23.3 Å². The second kappa shape index (κ2) is 2.35. The summed E-state index contributed by atoms with van der Waals surface area (Å²) in [4.78, 5) is 0. The van der Waals surface area contributed by atoms with E-state index in [9.17, 15) is 9.50 Å². The Morgan fingerprint density at radius 3 is 2.92 bits per heavy atom. The standard InChI is InChI=1S/C8H6FNOS/c9-8-4(10)1-2-6-7(8)5(11)3-12-6/h1-3,11H,10H2. The highest BCUT2D eigenvalue weighted by atomic mass is 32.1. The molecule has 0 spiro atoms. The number of hydrogen-bond acceptors (Lipinski definition) is 3. The minimum absolute atomic E-state index is 0.0419. The molecule has 0 aliphatic heterocycles. The quantitative estimate of drug-likeness (QED) is 0.616. The van der Waals surface area contributed by atoms with Gasteiger partial charge in [0.15, 0.2) is 5.82 Å². The molecule has 3 N–H and O–H groups in total. The third-order valence-electron chi connectivity index (χ3n) is 1.69. The fourth-order valence-corrected chi connectivity index (χ4v) is 1.90. The molecule has 1 heterocycles. The van der Waals surface area contributed by atoms with Gasteiger partial charge in [0.05, 0.1) is 11.1 Å². The molecule has 0 fully saturated rings. The average molecular weight is 183 g/mol. The van der Waals surface area contributed by atoms with Crippen molar-refractivity contribution < 1.29 is 9.50 Å². The van der Waals surface area contributed by atoms with Crippen LogP contribution < -0.4 is 5.73 Å². The number of nitrogen functional groups attached to an aromatic ring is 1. The Morgan fingerprint density at radius 2 is 2.17 bits per heavy atom. The maximum absolute atomic E-state index is 13.2. The zero-order valence-electron chi connectivity index (χ0n) is 6.04. The van der Waals surface area contributed by atoms with Gasteiger partial charge in [-0.2, -0.15) is 0 Å². The Balaban J connectivity index is 2.96. The Kier molecular flexibility index (Phi) is 1.44. The van der Waals surface area contributed by atoms with Crippen molar-refractivity contribution >= 4 is 27.1 Å². The molecule has 4 heteroatoms. The van der Waals surface area contributed by atoms with Crippen LogP contribution in [-0.4, -0.2) is 5.11 Å². The van der Waals surface area contributed by atoms with E-state index in [4.69, 9.17) is 5.73 Å². The van der Waals surface area contributed by atoms with E-state index >= 15 is 0 Å². The Hall–Kier alpha value is -1.29. The molecule has 0 aliphatic rings. The first-order valence-electron chi connectivity index (χ1n) is 3.34. The Labute approximate surface area is 72.1 Å². The van der Waals surface area contributed by atoms with Gasteiger partial charge in [0, 0.05) is 10.1 Å². The van der Waals surface area contributed by atoms with Crippen LogP contribution in [0.4, 0.5) is 10.1 Å². The van der Waals surface area contributed by atoms with Crippen molar-refractivity contribution in [2.24, 2.45) is 0 Å². The van der Waals surface area contributed by atoms with Gasteiger partial charge in [0.1, 0.15) is 5.75 Å². The summed E-state index contributed by atoms with van der Waals surface area (Å²) in [5.74, 6) is -0.578. The van der Waals surface area contributed by atoms with E-state index in [1.807, 2.05) is 0 Å². The minimum Gasteiger partial charge on any atom is -0.506 e. The summed E-state index contributed by atoms with van der Waals surface area (Å²) in [6, 6.07) is 3.19. The smallest absolute Gasteiger partial charge is 0.158 e. The Bertz CT molecular complexity index is 438. The number of rotatable bonds is 0. The summed E-state index contributed by atoms with van der Waals surface area (Å²) in [6.07, 6.45) is 0. The van der Waals surface area contributed by atoms with Crippen LogP contribution in [0.3, 0.4) is 0 Å². The number of benzene rings is 1. The number of anilines is 1. The van der Waals surface area contributed by atoms with Gasteiger partial charge in [0.25, 0.3) is 0 Å². The van der Waals surface area contributed by atoms with Crippen LogP contribution in [-0.2, 0) is 0 Å². The number of nitrogens with two attached hydrogens (primary N) is 1. The molecule has 0 saturated carbocycles. The van der Waals surface area contributed by atoms with E-state index < -0.39 is 5.82 Å². The summed E-state index contributed by atoms with van der Waals surface area (Å²) in [5, 5.41) is 10.9. The van der Waals surface area contributed by atoms with Crippen LogP contribution in [0, 0.1) is 5.82 Å². The van der Waals surface area contributed by atoms with Gasteiger partial charge in [-0.15, -0.1) is 11.3 Å². The van der Waals surface area contributed by atoms with Crippen molar-refractivity contribution in [2.45, 2.75) is 0 Å². The van der Waals surface area contributed by atoms with E-state index in [0.29, 0.717) is 4.70 Å². The number of hydrogen-bond donors (Lipinski definition) is 2. The van der Waals surface area contributed by atoms with Crippen LogP contribution in [0.15, 0.2) is 17.5 Å². The van der Waals surface area contributed by atoms with Crippen molar-refractivity contribution in [2.75, 3.05) is 5.73 Å². The summed E-state index contributed by atoms with van der Waals surface area (Å²) >= 11 is 1.29. The molecule has 2 nitrogen and oxygen atoms in total. The lowest BCUT2D eigenvalue weighted by Gasteiger charge is -1.97. The van der Waals surface area contributed by atoms with Crippen molar-refractivity contribution in [3.8, 4) is 5.75 Å². The molecule has 0 atom stereocenters. The molecule has 2 rings (SSSR count). The predicted molar refractivity (Wildman–Crippen MR) is 47.9 cm³/mol. The monoisotopic (exact) mass is 183 g/mol. The third-order valence-corrected chi connectivity index (χ3v) is 2.62. The first-order valence-corrected chi connectivity index (χ1v) is 4.22. The van der Waals surface area contributed by atoms with Gasteiger partial charge in [0.2, 0.25) is 0 Å². The normalized spacial score (nSPS) is 10.8. The van der Waals surface area contributed by atoms with Gasteiger partial charge in [-0.1, -0.05) is 0 Å². The van der Waals surface area contributed by atoms with Crippen LogP contribution >= 0.6 is 11.3 Å². The highest BCUT2D eigenvalue weighted by molar-refractivity contribution is 7.17. The average Bonchev–Trinajstić information content (AvgIpc) is 2.41. The van der Waals surface area contributed by atoms with Crippen LogP contribution in [0.5, 0.6) is 5.75 Å². The zero-order chi connectivity index (χ0) is 8.72. The Morgan fingerprint density at radius 1 is 1.42 bits per heavy atom. The fraction of sp³-hybridized carbons (Fsp3) is 0. The van der Waals surface area contributed by atoms with E-state index in [2.05, 4.69) is 0 Å². The molecular weight excluding hydrogens is 177 g/mol. The van der Waals surface area contributed by atoms with Crippen molar-refractivity contribution in [1.29, 1.82) is 0 Å². The molecule has 12 heavy (non-hydrogen) atoms. The maximum Gasteiger partial charge on any atom is 0.158 e. The number of aromatic hydroxyl groups is 1. The maximum atomic E-state index is 13.2. The van der Waals surface area contributed by atoms with Gasteiger partial charge in [-0.05, 0) is 12.1 Å². The topological polar surface area (TPSA) is 46.2 Å². The van der Waals surface area contributed by atoms with E-state index in [1.165, 1.54) is 22.8 Å². The summed E-state index contributed by atoms with van der Waals surface area (Å²) < 4.78 is 13.9. The summed E-state index contributed by atoms with van der Waals surface area (Å²) in [7, 11) is 0. The second-order valence-electron chi connectivity index (χ2n) is 2.46. The highest BCUT2D eigenvalue weighted by Crippen LogP contribution is 2.35. The van der Waals surface area contributed by atoms with Crippen molar-refractivity contribution in [3.63, 3.8) is 0 Å². The predicted octanol–water partition coefficient (Wildman–Crippen LogP) is 2.33. The molecule has 0 bridgehead atoms. The van der Waals surface area contributed by atoms with E-state index in [-0.39, 0.29) is 16.8 Å². The van der Waals surface area contributed by atoms with E-state index in [0.717, 1.165) is 0 Å². The molecule has 62 valence electrons. The molecule has 0 saturated heterocycles. The molecule has 0 amide bonds. The lowest BCUT2D eigenvalue weighted by atomic mass is 10.2. The molecule has 2 aromatic rings. The number of fused-ring (bicyclic) bond motifs is 1. The molecular formula is C8H6FNOS. The first-order chi connectivity index (χ1) is 5.70. The van der Waals surface area contributed by atoms with Crippen LogP contribution in [0.25, 0.3) is 10.1 Å². The SMILES string of the molecule is Nc1ccc2scc(O)c2c1F. The molecule has 0 unspecified atom stereocenters.